The van der Waals surface area contributed by atoms with Crippen molar-refractivity contribution in [3.8, 4) is 11.5 Å². The van der Waals surface area contributed by atoms with E-state index in [2.05, 4.69) is 11.1 Å². The summed E-state index contributed by atoms with van der Waals surface area (Å²) in [6, 6.07) is 18.2. The van der Waals surface area contributed by atoms with Crippen LogP contribution in [0.3, 0.4) is 0 Å². The number of ether oxygens (including phenoxy) is 3. The Bertz CT molecular complexity index is 1400. The van der Waals surface area contributed by atoms with Crippen LogP contribution in [-0.4, -0.2) is 48.4 Å². The van der Waals surface area contributed by atoms with E-state index in [4.69, 9.17) is 30.9 Å². The van der Waals surface area contributed by atoms with E-state index in [0.29, 0.717) is 0 Å². The Morgan fingerprint density at radius 1 is 1.00 bits per heavy atom. The summed E-state index contributed by atoms with van der Waals surface area (Å²) in [6.45, 7) is -0.449. The molecular formula is C30H28ClN3O5. The molecule has 1 aliphatic carbocycles. The third-order valence-corrected chi connectivity index (χ3v) is 7.18. The van der Waals surface area contributed by atoms with Crippen LogP contribution in [-0.2, 0) is 9.53 Å². The Morgan fingerprint density at radius 3 is 2.33 bits per heavy atom. The number of hydrogen-bond acceptors (Lipinski definition) is 7. The van der Waals surface area contributed by atoms with Crippen LogP contribution in [0.2, 0.25) is 5.15 Å². The smallest absolute Gasteiger partial charge is 0.340 e. The first-order chi connectivity index (χ1) is 19.0. The lowest BCUT2D eigenvalue weighted by molar-refractivity contribution is -0.137. The monoisotopic (exact) mass is 545 g/mol. The third-order valence-electron chi connectivity index (χ3n) is 6.96. The van der Waals surface area contributed by atoms with Gasteiger partial charge in [0.05, 0.1) is 31.5 Å². The first-order valence-electron chi connectivity index (χ1n) is 12.6. The fourth-order valence-electron chi connectivity index (χ4n) is 5.02. The molecule has 2 heterocycles. The predicted molar refractivity (Wildman–Crippen MR) is 148 cm³/mol. The van der Waals surface area contributed by atoms with Crippen molar-refractivity contribution in [3.63, 3.8) is 0 Å². The van der Waals surface area contributed by atoms with Crippen molar-refractivity contribution in [2.45, 2.75) is 25.3 Å². The van der Waals surface area contributed by atoms with Gasteiger partial charge in [0.2, 0.25) is 0 Å². The van der Waals surface area contributed by atoms with E-state index in [1.54, 1.807) is 14.2 Å². The lowest BCUT2D eigenvalue weighted by Gasteiger charge is -2.29. The molecule has 3 aromatic rings. The molecule has 1 fully saturated rings. The highest BCUT2D eigenvalue weighted by atomic mass is 35.5. The zero-order valence-corrected chi connectivity index (χ0v) is 22.4. The van der Waals surface area contributed by atoms with E-state index >= 15 is 0 Å². The summed E-state index contributed by atoms with van der Waals surface area (Å²) < 4.78 is 15.9. The number of aromatic nitrogens is 1. The molecule has 1 aliphatic heterocycles. The molecule has 2 aromatic carbocycles. The van der Waals surface area contributed by atoms with Gasteiger partial charge in [-0.15, -0.1) is 0 Å². The number of hydrazone groups is 1. The highest BCUT2D eigenvalue weighted by Crippen LogP contribution is 2.44. The number of fused-ring (bicyclic) bond motifs is 1. The summed E-state index contributed by atoms with van der Waals surface area (Å²) in [4.78, 5) is 29.9. The molecule has 5 rings (SSSR count). The lowest BCUT2D eigenvalue weighted by atomic mass is 9.77. The molecule has 8 nitrogen and oxygen atoms in total. The SMILES string of the molecule is COc1ccc(C=C2CCCC3C2=NN(C(=O)COC(=O)c2ccc(Cl)nc2)C3c2ccc(OC)cc2)cc1. The Kier molecular flexibility index (Phi) is 7.93. The van der Waals surface area contributed by atoms with Gasteiger partial charge in [-0.25, -0.2) is 14.8 Å². The second-order valence-electron chi connectivity index (χ2n) is 9.33. The molecule has 0 bridgehead atoms. The Morgan fingerprint density at radius 2 is 1.69 bits per heavy atom. The average molecular weight is 546 g/mol. The van der Waals surface area contributed by atoms with Crippen molar-refractivity contribution < 1.29 is 23.8 Å². The second-order valence-corrected chi connectivity index (χ2v) is 9.72. The van der Waals surface area contributed by atoms with Crippen LogP contribution in [0.4, 0.5) is 0 Å². The van der Waals surface area contributed by atoms with Gasteiger partial charge in [-0.1, -0.05) is 35.9 Å². The highest BCUT2D eigenvalue weighted by molar-refractivity contribution is 6.29. The van der Waals surface area contributed by atoms with Gasteiger partial charge >= 0.3 is 5.97 Å². The number of esters is 1. The molecule has 2 atom stereocenters. The number of hydrogen-bond donors (Lipinski definition) is 0. The number of carbonyl (C=O) groups excluding carboxylic acids is 2. The maximum Gasteiger partial charge on any atom is 0.340 e. The van der Waals surface area contributed by atoms with Gasteiger partial charge in [0.1, 0.15) is 16.7 Å². The molecular weight excluding hydrogens is 518 g/mol. The van der Waals surface area contributed by atoms with Crippen molar-refractivity contribution in [2.24, 2.45) is 11.0 Å². The maximum atomic E-state index is 13.5. The average Bonchev–Trinajstić information content (AvgIpc) is 3.37. The fourth-order valence-corrected chi connectivity index (χ4v) is 5.13. The van der Waals surface area contributed by atoms with E-state index in [1.807, 2.05) is 48.5 Å². The number of carbonyl (C=O) groups is 2. The minimum atomic E-state index is -0.655. The van der Waals surface area contributed by atoms with Crippen LogP contribution in [0.25, 0.3) is 6.08 Å². The number of nitrogens with zero attached hydrogens (tertiary/aromatic N) is 3. The summed E-state index contributed by atoms with van der Waals surface area (Å²) in [5.74, 6) is 0.466. The Labute approximate surface area is 231 Å². The standard InChI is InChI=1S/C30H28ClN3O5/c1-37-23-11-6-19(7-12-23)16-21-4-3-5-25-28(21)33-34(29(25)20-8-13-24(38-2)14-9-20)27(35)18-39-30(36)22-10-15-26(31)32-17-22/h6-17,25,29H,3-5,18H2,1-2H3. The van der Waals surface area contributed by atoms with Crippen LogP contribution in [0.15, 0.2) is 77.5 Å². The fraction of sp³-hybridized carbons (Fsp3) is 0.267. The number of rotatable bonds is 7. The predicted octanol–water partition coefficient (Wildman–Crippen LogP) is 5.73. The summed E-state index contributed by atoms with van der Waals surface area (Å²) in [6.07, 6.45) is 6.15. The molecule has 0 saturated heterocycles. The minimum absolute atomic E-state index is 0.0109. The third kappa shape index (κ3) is 5.81. The largest absolute Gasteiger partial charge is 0.497 e. The van der Waals surface area contributed by atoms with Crippen LogP contribution in [0, 0.1) is 5.92 Å². The number of amides is 1. The molecule has 200 valence electrons. The van der Waals surface area contributed by atoms with Crippen molar-refractivity contribution in [1.29, 1.82) is 0 Å². The normalized spacial score (nSPS) is 19.3. The van der Waals surface area contributed by atoms with E-state index in [1.165, 1.54) is 23.3 Å². The van der Waals surface area contributed by atoms with E-state index < -0.39 is 18.5 Å². The summed E-state index contributed by atoms with van der Waals surface area (Å²) in [5.41, 5.74) is 4.16. The topological polar surface area (TPSA) is 90.3 Å². The van der Waals surface area contributed by atoms with Crippen molar-refractivity contribution >= 4 is 35.3 Å². The lowest BCUT2D eigenvalue weighted by Crippen LogP contribution is -2.34. The number of pyridine rings is 1. The van der Waals surface area contributed by atoms with Gasteiger partial charge in [0, 0.05) is 12.1 Å². The first kappa shape index (κ1) is 26.4. The molecule has 9 heteroatoms. The molecule has 1 saturated carbocycles. The Balaban J connectivity index is 1.43. The van der Waals surface area contributed by atoms with Crippen molar-refractivity contribution in [3.05, 3.63) is 94.3 Å². The van der Waals surface area contributed by atoms with Gasteiger partial charge in [-0.3, -0.25) is 4.79 Å². The van der Waals surface area contributed by atoms with Gasteiger partial charge in [0.15, 0.2) is 6.61 Å². The minimum Gasteiger partial charge on any atom is -0.497 e. The summed E-state index contributed by atoms with van der Waals surface area (Å²) in [7, 11) is 3.25. The van der Waals surface area contributed by atoms with Crippen molar-refractivity contribution in [2.75, 3.05) is 20.8 Å². The zero-order valence-electron chi connectivity index (χ0n) is 21.7. The number of methoxy groups -OCH3 is 2. The van der Waals surface area contributed by atoms with Crippen LogP contribution >= 0.6 is 11.6 Å². The second kappa shape index (κ2) is 11.7. The molecule has 1 amide bonds. The van der Waals surface area contributed by atoms with Gasteiger partial charge < -0.3 is 14.2 Å². The van der Waals surface area contributed by atoms with Crippen LogP contribution in [0.5, 0.6) is 11.5 Å². The summed E-state index contributed by atoms with van der Waals surface area (Å²) in [5, 5.41) is 6.58. The number of benzene rings is 2. The first-order valence-corrected chi connectivity index (χ1v) is 13.0. The van der Waals surface area contributed by atoms with E-state index in [0.717, 1.165) is 53.2 Å². The number of halogens is 1. The quantitative estimate of drug-likeness (QED) is 0.278. The molecule has 2 aliphatic rings. The van der Waals surface area contributed by atoms with Gasteiger partial charge in [-0.05, 0) is 78.4 Å². The molecule has 0 N–H and O–H groups in total. The molecule has 2 unspecified atom stereocenters. The summed E-state index contributed by atoms with van der Waals surface area (Å²) >= 11 is 5.80. The molecule has 1 aromatic heterocycles. The van der Waals surface area contributed by atoms with E-state index in [9.17, 15) is 9.59 Å². The van der Waals surface area contributed by atoms with Crippen LogP contribution in [0.1, 0.15) is 46.8 Å². The van der Waals surface area contributed by atoms with Gasteiger partial charge in [-0.2, -0.15) is 5.10 Å². The highest BCUT2D eigenvalue weighted by Gasteiger charge is 2.43. The van der Waals surface area contributed by atoms with E-state index in [-0.39, 0.29) is 22.7 Å². The molecule has 0 spiro atoms. The van der Waals surface area contributed by atoms with Crippen LogP contribution < -0.4 is 9.47 Å². The zero-order chi connectivity index (χ0) is 27.4. The molecule has 39 heavy (non-hydrogen) atoms. The van der Waals surface area contributed by atoms with Crippen molar-refractivity contribution in [1.82, 2.24) is 9.99 Å². The Hall–Kier alpha value is -4.17. The number of allylic oxidation sites excluding steroid dienone is 1. The maximum absolute atomic E-state index is 13.5. The molecule has 0 radical (unpaired) electrons. The van der Waals surface area contributed by atoms with Gasteiger partial charge in [0.25, 0.3) is 5.91 Å².